The van der Waals surface area contributed by atoms with Gasteiger partial charge in [0.05, 0.1) is 6.54 Å². The number of rotatable bonds is 7. The lowest BCUT2D eigenvalue weighted by Crippen LogP contribution is -2.49. The van der Waals surface area contributed by atoms with Crippen molar-refractivity contribution in [2.45, 2.75) is 32.6 Å². The average Bonchev–Trinajstić information content (AvgIpc) is 2.56. The molecule has 0 spiro atoms. The third-order valence-corrected chi connectivity index (χ3v) is 4.14. The zero-order valence-electron chi connectivity index (χ0n) is 13.9. The number of hydrogen-bond donors (Lipinski definition) is 0. The van der Waals surface area contributed by atoms with Crippen LogP contribution in [-0.4, -0.2) is 54.2 Å². The van der Waals surface area contributed by atoms with Crippen molar-refractivity contribution in [2.75, 3.05) is 32.7 Å². The van der Waals surface area contributed by atoms with Crippen LogP contribution in [0.4, 0.5) is 0 Å². The van der Waals surface area contributed by atoms with Crippen molar-refractivity contribution in [2.24, 2.45) is 0 Å². The number of carbonyl (C=O) groups excluding carboxylic acids is 2. The Bertz CT molecular complexity index is 485. The van der Waals surface area contributed by atoms with Gasteiger partial charge in [-0.2, -0.15) is 0 Å². The Morgan fingerprint density at radius 1 is 1.00 bits per heavy atom. The lowest BCUT2D eigenvalue weighted by molar-refractivity contribution is -0.120. The van der Waals surface area contributed by atoms with Crippen molar-refractivity contribution in [3.05, 3.63) is 35.9 Å². The molecule has 23 heavy (non-hydrogen) atoms. The van der Waals surface area contributed by atoms with Gasteiger partial charge >= 0.3 is 0 Å². The fourth-order valence-corrected chi connectivity index (χ4v) is 2.77. The maximum absolute atomic E-state index is 12.3. The molecule has 2 rings (SSSR count). The minimum Gasteiger partial charge on any atom is -0.336 e. The SMILES string of the molecule is CCCCCC(=O)CN1CCN(C(=O)c2ccccc2)CC1.Cl. The van der Waals surface area contributed by atoms with Gasteiger partial charge in [-0.25, -0.2) is 0 Å². The van der Waals surface area contributed by atoms with Gasteiger partial charge in [-0.1, -0.05) is 38.0 Å². The molecule has 1 aliphatic rings. The molecule has 0 aliphatic carbocycles. The Labute approximate surface area is 145 Å². The summed E-state index contributed by atoms with van der Waals surface area (Å²) in [6, 6.07) is 9.40. The predicted octanol–water partition coefficient (Wildman–Crippen LogP) is 3.02. The largest absolute Gasteiger partial charge is 0.336 e. The number of unbranched alkanes of at least 4 members (excludes halogenated alkanes) is 2. The molecule has 0 saturated carbocycles. The summed E-state index contributed by atoms with van der Waals surface area (Å²) >= 11 is 0. The zero-order valence-corrected chi connectivity index (χ0v) is 14.7. The van der Waals surface area contributed by atoms with Crippen molar-refractivity contribution in [3.63, 3.8) is 0 Å². The summed E-state index contributed by atoms with van der Waals surface area (Å²) in [6.07, 6.45) is 3.97. The first-order valence-electron chi connectivity index (χ1n) is 8.29. The summed E-state index contributed by atoms with van der Waals surface area (Å²) in [7, 11) is 0. The van der Waals surface area contributed by atoms with Crippen LogP contribution in [0.25, 0.3) is 0 Å². The van der Waals surface area contributed by atoms with Crippen LogP contribution in [0.5, 0.6) is 0 Å². The van der Waals surface area contributed by atoms with Crippen LogP contribution >= 0.6 is 12.4 Å². The second kappa shape index (κ2) is 10.4. The van der Waals surface area contributed by atoms with Gasteiger partial charge in [0, 0.05) is 38.2 Å². The molecule has 1 heterocycles. The zero-order chi connectivity index (χ0) is 15.8. The lowest BCUT2D eigenvalue weighted by Gasteiger charge is -2.34. The molecular weight excluding hydrogens is 312 g/mol. The third kappa shape index (κ3) is 6.32. The molecule has 0 atom stereocenters. The molecule has 1 aromatic carbocycles. The van der Waals surface area contributed by atoms with Crippen LogP contribution in [0.2, 0.25) is 0 Å². The van der Waals surface area contributed by atoms with Gasteiger partial charge in [-0.05, 0) is 18.6 Å². The predicted molar refractivity (Wildman–Crippen MR) is 95.2 cm³/mol. The van der Waals surface area contributed by atoms with E-state index >= 15 is 0 Å². The first-order valence-corrected chi connectivity index (χ1v) is 8.29. The maximum atomic E-state index is 12.3. The van der Waals surface area contributed by atoms with Crippen LogP contribution in [-0.2, 0) is 4.79 Å². The van der Waals surface area contributed by atoms with E-state index in [9.17, 15) is 9.59 Å². The number of piperazine rings is 1. The molecule has 0 bridgehead atoms. The third-order valence-electron chi connectivity index (χ3n) is 4.14. The Morgan fingerprint density at radius 2 is 1.65 bits per heavy atom. The van der Waals surface area contributed by atoms with E-state index in [1.165, 1.54) is 0 Å². The van der Waals surface area contributed by atoms with E-state index in [2.05, 4.69) is 11.8 Å². The summed E-state index contributed by atoms with van der Waals surface area (Å²) in [5, 5.41) is 0. The summed E-state index contributed by atoms with van der Waals surface area (Å²) in [5.74, 6) is 0.422. The number of amides is 1. The molecule has 0 unspecified atom stereocenters. The molecule has 1 fully saturated rings. The van der Waals surface area contributed by atoms with E-state index in [0.717, 1.165) is 37.9 Å². The first-order chi connectivity index (χ1) is 10.7. The second-order valence-electron chi connectivity index (χ2n) is 5.93. The van der Waals surface area contributed by atoms with Gasteiger partial charge in [0.1, 0.15) is 5.78 Å². The monoisotopic (exact) mass is 338 g/mol. The minimum absolute atomic E-state index is 0. The van der Waals surface area contributed by atoms with E-state index < -0.39 is 0 Å². The Morgan fingerprint density at radius 3 is 2.26 bits per heavy atom. The van der Waals surface area contributed by atoms with E-state index in [0.29, 0.717) is 31.8 Å². The Balaban J connectivity index is 0.00000264. The molecule has 5 heteroatoms. The van der Waals surface area contributed by atoms with Crippen molar-refractivity contribution in [3.8, 4) is 0 Å². The molecule has 0 aromatic heterocycles. The van der Waals surface area contributed by atoms with Crippen molar-refractivity contribution < 1.29 is 9.59 Å². The van der Waals surface area contributed by atoms with Crippen molar-refractivity contribution in [1.29, 1.82) is 0 Å². The van der Waals surface area contributed by atoms with E-state index in [1.807, 2.05) is 35.2 Å². The summed E-state index contributed by atoms with van der Waals surface area (Å²) in [5.41, 5.74) is 0.742. The van der Waals surface area contributed by atoms with Gasteiger partial charge in [0.15, 0.2) is 0 Å². The number of halogens is 1. The van der Waals surface area contributed by atoms with Gasteiger partial charge in [0.2, 0.25) is 0 Å². The molecule has 0 radical (unpaired) electrons. The molecule has 1 amide bonds. The number of carbonyl (C=O) groups is 2. The second-order valence-corrected chi connectivity index (χ2v) is 5.93. The number of nitrogens with zero attached hydrogens (tertiary/aromatic N) is 2. The van der Waals surface area contributed by atoms with Gasteiger partial charge < -0.3 is 4.90 Å². The molecule has 1 aliphatic heterocycles. The molecule has 4 nitrogen and oxygen atoms in total. The standard InChI is InChI=1S/C18H26N2O2.ClH/c1-2-3-5-10-17(21)15-19-11-13-20(14-12-19)18(22)16-8-6-4-7-9-16;/h4,6-9H,2-3,5,10-15H2,1H3;1H. The molecule has 128 valence electrons. The quantitative estimate of drug-likeness (QED) is 0.717. The highest BCUT2D eigenvalue weighted by atomic mass is 35.5. The molecule has 1 aromatic rings. The normalized spacial score (nSPS) is 15.1. The highest BCUT2D eigenvalue weighted by Crippen LogP contribution is 2.09. The fraction of sp³-hybridized carbons (Fsp3) is 0.556. The van der Waals surface area contributed by atoms with Crippen LogP contribution in [0.1, 0.15) is 43.0 Å². The molecule has 1 saturated heterocycles. The number of ketones is 1. The van der Waals surface area contributed by atoms with Crippen molar-refractivity contribution >= 4 is 24.1 Å². The minimum atomic E-state index is 0. The average molecular weight is 339 g/mol. The van der Waals surface area contributed by atoms with E-state index in [1.54, 1.807) is 0 Å². The Kier molecular flexibility index (Phi) is 8.89. The Hall–Kier alpha value is -1.39. The lowest BCUT2D eigenvalue weighted by atomic mass is 10.1. The number of benzene rings is 1. The van der Waals surface area contributed by atoms with E-state index in [4.69, 9.17) is 0 Å². The van der Waals surface area contributed by atoms with Crippen LogP contribution in [0.3, 0.4) is 0 Å². The summed E-state index contributed by atoms with van der Waals surface area (Å²) in [6.45, 7) is 5.67. The van der Waals surface area contributed by atoms with Crippen LogP contribution in [0.15, 0.2) is 30.3 Å². The van der Waals surface area contributed by atoms with Gasteiger partial charge in [-0.15, -0.1) is 12.4 Å². The topological polar surface area (TPSA) is 40.6 Å². The molecule has 0 N–H and O–H groups in total. The molecular formula is C18H27ClN2O2. The van der Waals surface area contributed by atoms with Crippen LogP contribution < -0.4 is 0 Å². The number of Topliss-reactive ketones (excluding diaryl/α,β-unsaturated/α-hetero) is 1. The summed E-state index contributed by atoms with van der Waals surface area (Å²) < 4.78 is 0. The van der Waals surface area contributed by atoms with Crippen molar-refractivity contribution in [1.82, 2.24) is 9.80 Å². The fourth-order valence-electron chi connectivity index (χ4n) is 2.77. The number of hydrogen-bond acceptors (Lipinski definition) is 3. The maximum Gasteiger partial charge on any atom is 0.253 e. The van der Waals surface area contributed by atoms with E-state index in [-0.39, 0.29) is 18.3 Å². The van der Waals surface area contributed by atoms with Gasteiger partial charge in [0.25, 0.3) is 5.91 Å². The van der Waals surface area contributed by atoms with Gasteiger partial charge in [-0.3, -0.25) is 14.5 Å². The first kappa shape index (κ1) is 19.7. The summed E-state index contributed by atoms with van der Waals surface area (Å²) in [4.78, 5) is 28.3. The highest BCUT2D eigenvalue weighted by molar-refractivity contribution is 5.94. The van der Waals surface area contributed by atoms with Crippen LogP contribution in [0, 0.1) is 0 Å². The highest BCUT2D eigenvalue weighted by Gasteiger charge is 2.22. The smallest absolute Gasteiger partial charge is 0.253 e.